The van der Waals surface area contributed by atoms with Crippen LogP contribution >= 0.6 is 0 Å². The summed E-state index contributed by atoms with van der Waals surface area (Å²) in [4.78, 5) is 11.5. The molecule has 2 rings (SSSR count). The van der Waals surface area contributed by atoms with Crippen LogP contribution < -0.4 is 0 Å². The number of carboxylic acids is 1. The Kier molecular flexibility index (Phi) is 4.29. The lowest BCUT2D eigenvalue weighted by Crippen LogP contribution is -2.03. The summed E-state index contributed by atoms with van der Waals surface area (Å²) >= 11 is 0. The van der Waals surface area contributed by atoms with Crippen molar-refractivity contribution >= 4 is 16.8 Å². The molecule has 0 aliphatic carbocycles. The van der Waals surface area contributed by atoms with Crippen LogP contribution in [0.3, 0.4) is 0 Å². The average Bonchev–Trinajstić information content (AvgIpc) is 2.41. The minimum Gasteiger partial charge on any atom is -0.478 e. The molecule has 5 heteroatoms. The van der Waals surface area contributed by atoms with Gasteiger partial charge in [-0.2, -0.15) is 0 Å². The standard InChI is InChI=1S/C15H13FO3S/c1-10-2-7-13(8-14(10)15(17)18)20(19)9-11-3-5-12(16)6-4-11/h2-8H,9H2,1H3,(H,17,18). The molecule has 0 spiro atoms. The van der Waals surface area contributed by atoms with Gasteiger partial charge in [-0.3, -0.25) is 4.21 Å². The van der Waals surface area contributed by atoms with Gasteiger partial charge in [-0.25, -0.2) is 9.18 Å². The highest BCUT2D eigenvalue weighted by atomic mass is 32.2. The predicted molar refractivity (Wildman–Crippen MR) is 74.7 cm³/mol. The van der Waals surface area contributed by atoms with Crippen LogP contribution in [0.2, 0.25) is 0 Å². The molecule has 1 unspecified atom stereocenters. The Balaban J connectivity index is 2.23. The van der Waals surface area contributed by atoms with E-state index in [0.717, 1.165) is 5.56 Å². The van der Waals surface area contributed by atoms with E-state index in [2.05, 4.69) is 0 Å². The van der Waals surface area contributed by atoms with Gasteiger partial charge in [0.15, 0.2) is 0 Å². The van der Waals surface area contributed by atoms with Crippen molar-refractivity contribution in [1.82, 2.24) is 0 Å². The number of carboxylic acid groups (broad SMARTS) is 1. The van der Waals surface area contributed by atoms with Crippen LogP contribution in [0.25, 0.3) is 0 Å². The van der Waals surface area contributed by atoms with Gasteiger partial charge in [0.2, 0.25) is 0 Å². The fraction of sp³-hybridized carbons (Fsp3) is 0.133. The molecule has 0 aliphatic rings. The molecule has 0 fully saturated rings. The number of benzene rings is 2. The minimum atomic E-state index is -1.36. The molecule has 0 saturated heterocycles. The number of aryl methyl sites for hydroxylation is 1. The normalized spacial score (nSPS) is 12.1. The molecule has 20 heavy (non-hydrogen) atoms. The van der Waals surface area contributed by atoms with E-state index in [4.69, 9.17) is 5.11 Å². The lowest BCUT2D eigenvalue weighted by molar-refractivity contribution is 0.0696. The van der Waals surface area contributed by atoms with Crippen molar-refractivity contribution in [2.75, 3.05) is 0 Å². The fourth-order valence-electron chi connectivity index (χ4n) is 1.79. The van der Waals surface area contributed by atoms with Gasteiger partial charge < -0.3 is 5.11 Å². The second kappa shape index (κ2) is 5.96. The molecule has 0 amide bonds. The molecule has 0 heterocycles. The first kappa shape index (κ1) is 14.4. The maximum atomic E-state index is 12.8. The van der Waals surface area contributed by atoms with Gasteiger partial charge in [0.05, 0.1) is 22.1 Å². The zero-order valence-corrected chi connectivity index (χ0v) is 11.6. The molecule has 0 aliphatic heterocycles. The van der Waals surface area contributed by atoms with Crippen LogP contribution in [0.1, 0.15) is 21.5 Å². The van der Waals surface area contributed by atoms with E-state index in [0.29, 0.717) is 10.5 Å². The third kappa shape index (κ3) is 3.30. The predicted octanol–water partition coefficient (Wildman–Crippen LogP) is 3.14. The van der Waals surface area contributed by atoms with Crippen LogP contribution in [-0.2, 0) is 16.6 Å². The Morgan fingerprint density at radius 3 is 2.45 bits per heavy atom. The second-order valence-corrected chi connectivity index (χ2v) is 5.85. The van der Waals surface area contributed by atoms with Gasteiger partial charge in [-0.1, -0.05) is 18.2 Å². The zero-order valence-electron chi connectivity index (χ0n) is 10.8. The first-order valence-electron chi connectivity index (χ1n) is 5.94. The van der Waals surface area contributed by atoms with Crippen LogP contribution in [-0.4, -0.2) is 15.3 Å². The number of hydrogen-bond acceptors (Lipinski definition) is 2. The molecule has 2 aromatic carbocycles. The van der Waals surface area contributed by atoms with Crippen molar-refractivity contribution in [3.8, 4) is 0 Å². The highest BCUT2D eigenvalue weighted by Crippen LogP contribution is 2.17. The Morgan fingerprint density at radius 2 is 1.85 bits per heavy atom. The second-order valence-electron chi connectivity index (χ2n) is 4.40. The smallest absolute Gasteiger partial charge is 0.335 e. The summed E-state index contributed by atoms with van der Waals surface area (Å²) in [5.74, 6) is -1.16. The number of hydrogen-bond donors (Lipinski definition) is 1. The quantitative estimate of drug-likeness (QED) is 0.942. The molecule has 104 valence electrons. The van der Waals surface area contributed by atoms with Crippen LogP contribution in [0, 0.1) is 12.7 Å². The third-order valence-electron chi connectivity index (χ3n) is 2.91. The molecule has 3 nitrogen and oxygen atoms in total. The molecule has 0 bridgehead atoms. The van der Waals surface area contributed by atoms with E-state index in [1.807, 2.05) is 0 Å². The Labute approximate surface area is 118 Å². The average molecular weight is 292 g/mol. The Morgan fingerprint density at radius 1 is 1.20 bits per heavy atom. The molecule has 0 saturated carbocycles. The van der Waals surface area contributed by atoms with E-state index < -0.39 is 16.8 Å². The molecule has 0 aromatic heterocycles. The van der Waals surface area contributed by atoms with Crippen molar-refractivity contribution in [1.29, 1.82) is 0 Å². The van der Waals surface area contributed by atoms with E-state index in [1.165, 1.54) is 18.2 Å². The van der Waals surface area contributed by atoms with Gasteiger partial charge in [0, 0.05) is 4.90 Å². The number of carbonyl (C=O) groups is 1. The zero-order chi connectivity index (χ0) is 14.7. The topological polar surface area (TPSA) is 54.4 Å². The fourth-order valence-corrected chi connectivity index (χ4v) is 2.92. The van der Waals surface area contributed by atoms with Gasteiger partial charge in [0.25, 0.3) is 0 Å². The Bertz CT molecular complexity index is 665. The van der Waals surface area contributed by atoms with Crippen molar-refractivity contribution in [3.63, 3.8) is 0 Å². The summed E-state index contributed by atoms with van der Waals surface area (Å²) in [6, 6.07) is 10.5. The molecule has 1 N–H and O–H groups in total. The minimum absolute atomic E-state index is 0.148. The monoisotopic (exact) mass is 292 g/mol. The summed E-state index contributed by atoms with van der Waals surface area (Å²) in [5.41, 5.74) is 1.51. The summed E-state index contributed by atoms with van der Waals surface area (Å²) in [6.45, 7) is 1.69. The Hall–Kier alpha value is -2.01. The van der Waals surface area contributed by atoms with E-state index in [-0.39, 0.29) is 17.1 Å². The van der Waals surface area contributed by atoms with Crippen LogP contribution in [0.5, 0.6) is 0 Å². The summed E-state index contributed by atoms with van der Waals surface area (Å²) < 4.78 is 25.0. The number of halogens is 1. The SMILES string of the molecule is Cc1ccc(S(=O)Cc2ccc(F)cc2)cc1C(=O)O. The summed E-state index contributed by atoms with van der Waals surface area (Å²) in [5, 5.41) is 9.05. The van der Waals surface area contributed by atoms with Crippen molar-refractivity contribution in [3.05, 3.63) is 65.0 Å². The maximum Gasteiger partial charge on any atom is 0.335 e. The largest absolute Gasteiger partial charge is 0.478 e. The number of rotatable bonds is 4. The molecule has 0 radical (unpaired) electrons. The van der Waals surface area contributed by atoms with Gasteiger partial charge in [0.1, 0.15) is 5.82 Å². The summed E-state index contributed by atoms with van der Waals surface area (Å²) in [6.07, 6.45) is 0. The third-order valence-corrected chi connectivity index (χ3v) is 4.29. The van der Waals surface area contributed by atoms with Crippen LogP contribution in [0.15, 0.2) is 47.4 Å². The summed E-state index contributed by atoms with van der Waals surface area (Å²) in [7, 11) is -1.36. The van der Waals surface area contributed by atoms with E-state index >= 15 is 0 Å². The van der Waals surface area contributed by atoms with Crippen molar-refractivity contribution in [2.45, 2.75) is 17.6 Å². The maximum absolute atomic E-state index is 12.8. The highest BCUT2D eigenvalue weighted by Gasteiger charge is 2.12. The van der Waals surface area contributed by atoms with E-state index in [9.17, 15) is 13.4 Å². The van der Waals surface area contributed by atoms with Crippen molar-refractivity contribution < 1.29 is 18.5 Å². The lowest BCUT2D eigenvalue weighted by Gasteiger charge is -2.06. The molecule has 2 aromatic rings. The van der Waals surface area contributed by atoms with Crippen LogP contribution in [0.4, 0.5) is 4.39 Å². The van der Waals surface area contributed by atoms with Gasteiger partial charge in [-0.15, -0.1) is 0 Å². The molecule has 1 atom stereocenters. The van der Waals surface area contributed by atoms with E-state index in [1.54, 1.807) is 31.2 Å². The number of aromatic carboxylic acids is 1. The van der Waals surface area contributed by atoms with Gasteiger partial charge >= 0.3 is 5.97 Å². The molecular formula is C15H13FO3S. The first-order chi connectivity index (χ1) is 9.47. The molecular weight excluding hydrogens is 279 g/mol. The lowest BCUT2D eigenvalue weighted by atomic mass is 10.1. The van der Waals surface area contributed by atoms with Crippen molar-refractivity contribution in [2.24, 2.45) is 0 Å². The first-order valence-corrected chi connectivity index (χ1v) is 7.26. The van der Waals surface area contributed by atoms with Gasteiger partial charge in [-0.05, 0) is 42.3 Å². The highest BCUT2D eigenvalue weighted by molar-refractivity contribution is 7.84.